The highest BCUT2D eigenvalue weighted by Crippen LogP contribution is 2.29. The molecule has 0 aliphatic carbocycles. The van der Waals surface area contributed by atoms with Gasteiger partial charge in [-0.25, -0.2) is 10.9 Å². The van der Waals surface area contributed by atoms with E-state index in [1.54, 1.807) is 0 Å². The Hall–Kier alpha value is -1.88. The van der Waals surface area contributed by atoms with E-state index in [9.17, 15) is 4.79 Å². The zero-order valence-corrected chi connectivity index (χ0v) is 14.1. The quantitative estimate of drug-likeness (QED) is 0.883. The molecule has 2 aliphatic rings. The van der Waals surface area contributed by atoms with Crippen LogP contribution in [0.15, 0.2) is 48.5 Å². The molecule has 5 heteroatoms. The van der Waals surface area contributed by atoms with Crippen molar-refractivity contribution in [2.24, 2.45) is 0 Å². The van der Waals surface area contributed by atoms with Gasteiger partial charge in [0.15, 0.2) is 0 Å². The fourth-order valence-corrected chi connectivity index (χ4v) is 3.85. The summed E-state index contributed by atoms with van der Waals surface area (Å²) >= 11 is 6.27. The Morgan fingerprint density at radius 2 is 1.79 bits per heavy atom. The maximum atomic E-state index is 12.9. The van der Waals surface area contributed by atoms with Gasteiger partial charge in [-0.1, -0.05) is 54.1 Å². The van der Waals surface area contributed by atoms with Gasteiger partial charge in [0.1, 0.15) is 6.04 Å². The molecule has 2 heterocycles. The summed E-state index contributed by atoms with van der Waals surface area (Å²) in [5.41, 5.74) is 10.0. The Kier molecular flexibility index (Phi) is 4.27. The summed E-state index contributed by atoms with van der Waals surface area (Å²) in [5.74, 6) is 0.159. The van der Waals surface area contributed by atoms with Crippen LogP contribution >= 0.6 is 11.6 Å². The van der Waals surface area contributed by atoms with Crippen molar-refractivity contribution in [1.29, 1.82) is 0 Å². The normalized spacial score (nSPS) is 23.1. The Labute approximate surface area is 146 Å². The van der Waals surface area contributed by atoms with Crippen molar-refractivity contribution in [3.05, 3.63) is 70.2 Å². The largest absolute Gasteiger partial charge is 0.337 e. The van der Waals surface area contributed by atoms with Crippen molar-refractivity contribution >= 4 is 17.5 Å². The number of hydrogen-bond acceptors (Lipinski definition) is 3. The molecule has 0 aromatic heterocycles. The highest BCUT2D eigenvalue weighted by atomic mass is 35.5. The van der Waals surface area contributed by atoms with E-state index in [0.717, 1.165) is 23.6 Å². The van der Waals surface area contributed by atoms with Crippen LogP contribution in [0.3, 0.4) is 0 Å². The van der Waals surface area contributed by atoms with Gasteiger partial charge in [-0.05, 0) is 35.6 Å². The number of amides is 1. The van der Waals surface area contributed by atoms with Gasteiger partial charge < -0.3 is 4.90 Å². The molecule has 0 radical (unpaired) electrons. The van der Waals surface area contributed by atoms with Crippen LogP contribution in [0.25, 0.3) is 0 Å². The summed E-state index contributed by atoms with van der Waals surface area (Å²) in [6.45, 7) is 1.48. The molecule has 2 atom stereocenters. The fourth-order valence-electron chi connectivity index (χ4n) is 3.58. The number of carbonyl (C=O) groups excluding carboxylic acids is 1. The number of carbonyl (C=O) groups is 1. The van der Waals surface area contributed by atoms with Gasteiger partial charge in [0.05, 0.1) is 0 Å². The van der Waals surface area contributed by atoms with Gasteiger partial charge in [-0.2, -0.15) is 0 Å². The number of benzene rings is 2. The lowest BCUT2D eigenvalue weighted by Gasteiger charge is -2.30. The van der Waals surface area contributed by atoms with Gasteiger partial charge in [-0.15, -0.1) is 0 Å². The van der Waals surface area contributed by atoms with E-state index in [1.807, 2.05) is 35.2 Å². The summed E-state index contributed by atoms with van der Waals surface area (Å²) < 4.78 is 0. The molecule has 1 fully saturated rings. The first-order chi connectivity index (χ1) is 11.7. The Bertz CT molecular complexity index is 764. The number of halogens is 1. The molecular formula is C19H20ClN3O. The third-order valence-corrected chi connectivity index (χ3v) is 5.27. The van der Waals surface area contributed by atoms with Gasteiger partial charge in [-0.3, -0.25) is 4.79 Å². The van der Waals surface area contributed by atoms with Crippen LogP contribution in [0.4, 0.5) is 0 Å². The summed E-state index contributed by atoms with van der Waals surface area (Å²) in [4.78, 5) is 14.8. The van der Waals surface area contributed by atoms with Gasteiger partial charge in [0, 0.05) is 24.2 Å². The fraction of sp³-hybridized carbons (Fsp3) is 0.316. The smallest absolute Gasteiger partial charge is 0.241 e. The lowest BCUT2D eigenvalue weighted by atomic mass is 9.98. The van der Waals surface area contributed by atoms with Gasteiger partial charge in [0.25, 0.3) is 0 Å². The predicted molar refractivity (Wildman–Crippen MR) is 94.4 cm³/mol. The zero-order valence-electron chi connectivity index (χ0n) is 13.3. The summed E-state index contributed by atoms with van der Waals surface area (Å²) in [7, 11) is 0. The number of nitrogens with one attached hydrogen (secondary N) is 2. The number of nitrogens with zero attached hydrogens (tertiary/aromatic N) is 1. The van der Waals surface area contributed by atoms with E-state index in [1.165, 1.54) is 11.1 Å². The van der Waals surface area contributed by atoms with Crippen LogP contribution in [0.2, 0.25) is 5.02 Å². The van der Waals surface area contributed by atoms with Crippen LogP contribution < -0.4 is 10.9 Å². The Balaban J connectivity index is 1.44. The number of hydrazine groups is 1. The van der Waals surface area contributed by atoms with Crippen molar-refractivity contribution < 1.29 is 4.79 Å². The van der Waals surface area contributed by atoms with Gasteiger partial charge in [0.2, 0.25) is 5.91 Å². The van der Waals surface area contributed by atoms with E-state index in [2.05, 4.69) is 29.1 Å². The second kappa shape index (κ2) is 6.55. The topological polar surface area (TPSA) is 44.4 Å². The maximum Gasteiger partial charge on any atom is 0.241 e. The van der Waals surface area contributed by atoms with Crippen LogP contribution in [0.1, 0.15) is 29.2 Å². The van der Waals surface area contributed by atoms with Crippen LogP contribution in [-0.2, 0) is 17.8 Å². The highest BCUT2D eigenvalue weighted by Gasteiger charge is 2.34. The van der Waals surface area contributed by atoms with Crippen LogP contribution in [-0.4, -0.2) is 23.4 Å². The zero-order chi connectivity index (χ0) is 16.5. The molecule has 4 rings (SSSR count). The van der Waals surface area contributed by atoms with Crippen molar-refractivity contribution in [2.75, 3.05) is 6.54 Å². The summed E-state index contributed by atoms with van der Waals surface area (Å²) in [6, 6.07) is 16.0. The molecule has 0 spiro atoms. The van der Waals surface area contributed by atoms with E-state index in [0.29, 0.717) is 13.0 Å². The molecule has 1 saturated heterocycles. The van der Waals surface area contributed by atoms with E-state index >= 15 is 0 Å². The highest BCUT2D eigenvalue weighted by molar-refractivity contribution is 6.31. The molecule has 24 heavy (non-hydrogen) atoms. The third kappa shape index (κ3) is 2.93. The average molecular weight is 342 g/mol. The lowest BCUT2D eigenvalue weighted by molar-refractivity contribution is -0.134. The molecule has 1 amide bonds. The molecule has 2 unspecified atom stereocenters. The first-order valence-electron chi connectivity index (χ1n) is 8.33. The Morgan fingerprint density at radius 1 is 1.04 bits per heavy atom. The molecule has 0 saturated carbocycles. The van der Waals surface area contributed by atoms with E-state index in [4.69, 9.17) is 11.6 Å². The molecule has 4 nitrogen and oxygen atoms in total. The lowest BCUT2D eigenvalue weighted by Crippen LogP contribution is -2.47. The minimum absolute atomic E-state index is 0.0599. The van der Waals surface area contributed by atoms with Crippen molar-refractivity contribution in [3.8, 4) is 0 Å². The number of fused-ring (bicyclic) bond motifs is 1. The van der Waals surface area contributed by atoms with Crippen molar-refractivity contribution in [1.82, 2.24) is 15.8 Å². The molecule has 2 aromatic rings. The SMILES string of the molecule is O=C(C1CC(c2ccccc2Cl)NN1)N1CCc2ccccc2C1. The van der Waals surface area contributed by atoms with Crippen LogP contribution in [0, 0.1) is 0 Å². The predicted octanol–water partition coefficient (Wildman–Crippen LogP) is 2.83. The minimum atomic E-state index is -0.212. The maximum absolute atomic E-state index is 12.9. The van der Waals surface area contributed by atoms with E-state index in [-0.39, 0.29) is 18.0 Å². The minimum Gasteiger partial charge on any atom is -0.337 e. The first-order valence-corrected chi connectivity index (χ1v) is 8.71. The second-order valence-electron chi connectivity index (χ2n) is 6.43. The average Bonchev–Trinajstić information content (AvgIpc) is 3.11. The Morgan fingerprint density at radius 3 is 2.62 bits per heavy atom. The second-order valence-corrected chi connectivity index (χ2v) is 6.84. The van der Waals surface area contributed by atoms with Crippen molar-refractivity contribution in [3.63, 3.8) is 0 Å². The first kappa shape index (κ1) is 15.6. The molecular weight excluding hydrogens is 322 g/mol. The standard InChI is InChI=1S/C19H20ClN3O/c20-16-8-4-3-7-15(16)17-11-18(22-21-17)19(24)23-10-9-13-5-1-2-6-14(13)12-23/h1-8,17-18,21-22H,9-12H2. The molecule has 2 aromatic carbocycles. The molecule has 2 aliphatic heterocycles. The van der Waals surface area contributed by atoms with Crippen molar-refractivity contribution in [2.45, 2.75) is 31.5 Å². The number of rotatable bonds is 2. The van der Waals surface area contributed by atoms with Crippen LogP contribution in [0.5, 0.6) is 0 Å². The molecule has 2 N–H and O–H groups in total. The monoisotopic (exact) mass is 341 g/mol. The molecule has 124 valence electrons. The van der Waals surface area contributed by atoms with E-state index < -0.39 is 0 Å². The van der Waals surface area contributed by atoms with Gasteiger partial charge >= 0.3 is 0 Å². The number of hydrogen-bond donors (Lipinski definition) is 2. The summed E-state index contributed by atoms with van der Waals surface area (Å²) in [6.07, 6.45) is 1.64. The third-order valence-electron chi connectivity index (χ3n) is 4.92. The molecule has 0 bridgehead atoms. The summed E-state index contributed by atoms with van der Waals surface area (Å²) in [5, 5.41) is 0.733.